The zero-order chi connectivity index (χ0) is 21.7. The summed E-state index contributed by atoms with van der Waals surface area (Å²) in [7, 11) is 1.75. The molecule has 0 radical (unpaired) electrons. The highest BCUT2D eigenvalue weighted by Gasteiger charge is 2.26. The molecule has 0 aliphatic carbocycles. The van der Waals surface area contributed by atoms with Gasteiger partial charge in [0.2, 0.25) is 5.95 Å². The zero-order valence-corrected chi connectivity index (χ0v) is 18.8. The van der Waals surface area contributed by atoms with E-state index in [0.717, 1.165) is 46.7 Å². The Morgan fingerprint density at radius 3 is 2.87 bits per heavy atom. The molecule has 31 heavy (non-hydrogen) atoms. The topological polar surface area (TPSA) is 89.3 Å². The number of aryl methyl sites for hydroxylation is 1. The number of thiophene rings is 1. The lowest BCUT2D eigenvalue weighted by atomic mass is 10.1. The molecular formula is C22H24ClN5O2S. The highest BCUT2D eigenvalue weighted by atomic mass is 35.5. The lowest BCUT2D eigenvalue weighted by Crippen LogP contribution is -2.44. The fourth-order valence-corrected chi connectivity index (χ4v) is 5.64. The standard InChI is InChI=1S/C22H24ClN5O2S/c1-26-19-15(12-31-17(19)11-29)18-20(21(26)30)28(9-13-5-2-3-7-16(13)23)22(25-18)27-8-4-6-14(24)10-27/h2-3,5,7,12,14,29H,4,6,8-11,24H2,1H3/t14-/m1/s1. The number of anilines is 1. The minimum absolute atomic E-state index is 0.0762. The molecule has 1 aliphatic rings. The fourth-order valence-electron chi connectivity index (χ4n) is 4.53. The maximum absolute atomic E-state index is 13.5. The van der Waals surface area contributed by atoms with Crippen LogP contribution in [-0.2, 0) is 20.2 Å². The number of aliphatic hydroxyl groups excluding tert-OH is 1. The van der Waals surface area contributed by atoms with E-state index in [1.807, 2.05) is 34.2 Å². The molecule has 5 rings (SSSR count). The summed E-state index contributed by atoms with van der Waals surface area (Å²) < 4.78 is 3.60. The van der Waals surface area contributed by atoms with E-state index in [1.165, 1.54) is 11.3 Å². The predicted octanol–water partition coefficient (Wildman–Crippen LogP) is 3.07. The summed E-state index contributed by atoms with van der Waals surface area (Å²) >= 11 is 7.91. The van der Waals surface area contributed by atoms with Crippen molar-refractivity contribution in [1.82, 2.24) is 14.1 Å². The molecule has 0 spiro atoms. The Balaban J connectivity index is 1.81. The maximum Gasteiger partial charge on any atom is 0.277 e. The van der Waals surface area contributed by atoms with E-state index in [0.29, 0.717) is 29.1 Å². The normalized spacial score (nSPS) is 17.2. The molecule has 4 heterocycles. The molecule has 0 saturated carbocycles. The Kier molecular flexibility index (Phi) is 5.26. The van der Waals surface area contributed by atoms with E-state index in [2.05, 4.69) is 4.90 Å². The molecule has 1 aromatic carbocycles. The van der Waals surface area contributed by atoms with Crippen LogP contribution in [0.2, 0.25) is 5.02 Å². The van der Waals surface area contributed by atoms with E-state index >= 15 is 0 Å². The van der Waals surface area contributed by atoms with Crippen LogP contribution in [0.4, 0.5) is 5.95 Å². The number of rotatable bonds is 4. The molecule has 0 bridgehead atoms. The van der Waals surface area contributed by atoms with Crippen molar-refractivity contribution in [3.63, 3.8) is 0 Å². The van der Waals surface area contributed by atoms with Crippen LogP contribution in [0.3, 0.4) is 0 Å². The predicted molar refractivity (Wildman–Crippen MR) is 126 cm³/mol. The van der Waals surface area contributed by atoms with Crippen LogP contribution in [0.25, 0.3) is 21.9 Å². The van der Waals surface area contributed by atoms with Gasteiger partial charge in [-0.15, -0.1) is 11.3 Å². The van der Waals surface area contributed by atoms with Crippen LogP contribution >= 0.6 is 22.9 Å². The number of imidazole rings is 1. The summed E-state index contributed by atoms with van der Waals surface area (Å²) in [5.41, 5.74) is 9.00. The number of piperidine rings is 1. The van der Waals surface area contributed by atoms with E-state index in [4.69, 9.17) is 22.3 Å². The van der Waals surface area contributed by atoms with Gasteiger partial charge in [0.15, 0.2) is 0 Å². The number of nitrogens with zero attached hydrogens (tertiary/aromatic N) is 4. The molecular weight excluding hydrogens is 434 g/mol. The third-order valence-corrected chi connectivity index (χ3v) is 7.38. The van der Waals surface area contributed by atoms with Crippen LogP contribution in [0.1, 0.15) is 23.3 Å². The van der Waals surface area contributed by atoms with Crippen LogP contribution in [-0.4, -0.2) is 38.4 Å². The van der Waals surface area contributed by atoms with Crippen molar-refractivity contribution in [3.8, 4) is 0 Å². The highest BCUT2D eigenvalue weighted by Crippen LogP contribution is 2.33. The minimum Gasteiger partial charge on any atom is -0.391 e. The summed E-state index contributed by atoms with van der Waals surface area (Å²) in [6.45, 7) is 1.87. The lowest BCUT2D eigenvalue weighted by Gasteiger charge is -2.32. The first-order valence-electron chi connectivity index (χ1n) is 10.3. The van der Waals surface area contributed by atoms with Crippen LogP contribution in [0, 0.1) is 0 Å². The number of hydrogen-bond donors (Lipinski definition) is 2. The maximum atomic E-state index is 13.5. The van der Waals surface area contributed by atoms with Crippen LogP contribution < -0.4 is 16.2 Å². The van der Waals surface area contributed by atoms with Crippen molar-refractivity contribution in [1.29, 1.82) is 0 Å². The van der Waals surface area contributed by atoms with Gasteiger partial charge < -0.3 is 24.9 Å². The van der Waals surface area contributed by atoms with Gasteiger partial charge in [0, 0.05) is 42.0 Å². The average Bonchev–Trinajstić information content (AvgIpc) is 3.35. The Bertz CT molecular complexity index is 1340. The quantitative estimate of drug-likeness (QED) is 0.491. The van der Waals surface area contributed by atoms with E-state index in [9.17, 15) is 9.90 Å². The van der Waals surface area contributed by atoms with E-state index in [-0.39, 0.29) is 18.2 Å². The van der Waals surface area contributed by atoms with Gasteiger partial charge in [-0.25, -0.2) is 4.98 Å². The third kappa shape index (κ3) is 3.34. The highest BCUT2D eigenvalue weighted by molar-refractivity contribution is 7.11. The minimum atomic E-state index is -0.136. The van der Waals surface area contributed by atoms with E-state index < -0.39 is 0 Å². The molecule has 0 amide bonds. The number of nitrogens with two attached hydrogens (primary N) is 1. The first-order chi connectivity index (χ1) is 15.0. The second-order valence-electron chi connectivity index (χ2n) is 8.08. The van der Waals surface area contributed by atoms with E-state index in [1.54, 1.807) is 11.6 Å². The smallest absolute Gasteiger partial charge is 0.277 e. The van der Waals surface area contributed by atoms with Crippen molar-refractivity contribution in [2.45, 2.75) is 32.0 Å². The second kappa shape index (κ2) is 7.94. The van der Waals surface area contributed by atoms with Crippen molar-refractivity contribution in [2.75, 3.05) is 18.0 Å². The molecule has 0 unspecified atom stereocenters. The van der Waals surface area contributed by atoms with Crippen molar-refractivity contribution in [2.24, 2.45) is 12.8 Å². The number of pyridine rings is 1. The molecule has 3 N–H and O–H groups in total. The van der Waals surface area contributed by atoms with Gasteiger partial charge in [-0.3, -0.25) is 4.79 Å². The molecule has 1 atom stereocenters. The molecule has 1 fully saturated rings. The first-order valence-corrected chi connectivity index (χ1v) is 11.6. The fraction of sp³-hybridized carbons (Fsp3) is 0.364. The molecule has 3 aromatic heterocycles. The average molecular weight is 458 g/mol. The van der Waals surface area contributed by atoms with Gasteiger partial charge in [0.05, 0.1) is 23.5 Å². The van der Waals surface area contributed by atoms with Gasteiger partial charge in [-0.05, 0) is 24.5 Å². The van der Waals surface area contributed by atoms with Crippen molar-refractivity contribution < 1.29 is 5.11 Å². The zero-order valence-electron chi connectivity index (χ0n) is 17.2. The Morgan fingerprint density at radius 1 is 1.32 bits per heavy atom. The Morgan fingerprint density at radius 2 is 2.13 bits per heavy atom. The van der Waals surface area contributed by atoms with Gasteiger partial charge in [0.25, 0.3) is 5.56 Å². The number of benzene rings is 1. The van der Waals surface area contributed by atoms with Gasteiger partial charge >= 0.3 is 0 Å². The van der Waals surface area contributed by atoms with Crippen molar-refractivity contribution in [3.05, 3.63) is 55.5 Å². The molecule has 9 heteroatoms. The summed E-state index contributed by atoms with van der Waals surface area (Å²) in [5, 5.41) is 13.3. The van der Waals surface area contributed by atoms with Gasteiger partial charge in [-0.2, -0.15) is 0 Å². The van der Waals surface area contributed by atoms with Gasteiger partial charge in [0.1, 0.15) is 11.0 Å². The number of aliphatic hydroxyl groups is 1. The first kappa shape index (κ1) is 20.5. The largest absolute Gasteiger partial charge is 0.391 e. The summed E-state index contributed by atoms with van der Waals surface area (Å²) in [4.78, 5) is 21.4. The van der Waals surface area contributed by atoms with Crippen LogP contribution in [0.15, 0.2) is 34.4 Å². The van der Waals surface area contributed by atoms with Gasteiger partial charge in [-0.1, -0.05) is 29.8 Å². The molecule has 1 aliphatic heterocycles. The molecule has 7 nitrogen and oxygen atoms in total. The monoisotopic (exact) mass is 457 g/mol. The van der Waals surface area contributed by atoms with Crippen LogP contribution in [0.5, 0.6) is 0 Å². The lowest BCUT2D eigenvalue weighted by molar-refractivity contribution is 0.286. The van der Waals surface area contributed by atoms with Crippen molar-refractivity contribution >= 4 is 50.8 Å². The second-order valence-corrected chi connectivity index (χ2v) is 9.45. The summed E-state index contributed by atoms with van der Waals surface area (Å²) in [5.74, 6) is 0.742. The Hall–Kier alpha value is -2.39. The summed E-state index contributed by atoms with van der Waals surface area (Å²) in [6, 6.07) is 7.74. The molecule has 1 saturated heterocycles. The third-order valence-electron chi connectivity index (χ3n) is 6.05. The summed E-state index contributed by atoms with van der Waals surface area (Å²) in [6.07, 6.45) is 1.97. The number of halogens is 1. The molecule has 4 aromatic rings. The number of fused-ring (bicyclic) bond motifs is 3. The number of aromatic nitrogens is 3. The molecule has 162 valence electrons. The SMILES string of the molecule is Cn1c(=O)c2c(nc(N3CCC[C@@H](N)C3)n2Cc2ccccc2Cl)c2csc(CO)c21. The Labute approximate surface area is 188 Å². The number of hydrogen-bond acceptors (Lipinski definition) is 6.